The Balaban J connectivity index is 2.82. The number of hydrogen-bond donors (Lipinski definition) is 1. The third-order valence-electron chi connectivity index (χ3n) is 2.43. The Labute approximate surface area is 125 Å². The van der Waals surface area contributed by atoms with Crippen LogP contribution in [-0.4, -0.2) is 30.4 Å². The van der Waals surface area contributed by atoms with Crippen molar-refractivity contribution in [1.82, 2.24) is 5.32 Å². The van der Waals surface area contributed by atoms with Crippen LogP contribution in [0.25, 0.3) is 0 Å². The Bertz CT molecular complexity index is 548. The van der Waals surface area contributed by atoms with Crippen LogP contribution in [0.5, 0.6) is 0 Å². The van der Waals surface area contributed by atoms with Crippen LogP contribution in [-0.2, 0) is 15.7 Å². The second-order valence-electron chi connectivity index (χ2n) is 3.89. The van der Waals surface area contributed by atoms with Gasteiger partial charge >= 0.3 is 12.1 Å². The zero-order valence-corrected chi connectivity index (χ0v) is 12.2. The van der Waals surface area contributed by atoms with Gasteiger partial charge in [0.15, 0.2) is 0 Å². The second kappa shape index (κ2) is 6.88. The van der Waals surface area contributed by atoms with Crippen molar-refractivity contribution in [3.8, 4) is 0 Å². The summed E-state index contributed by atoms with van der Waals surface area (Å²) in [5.41, 5.74) is -1.90. The van der Waals surface area contributed by atoms with Gasteiger partial charge in [0.2, 0.25) is 0 Å². The van der Waals surface area contributed by atoms with Crippen molar-refractivity contribution in [1.29, 1.82) is 0 Å². The first-order valence-corrected chi connectivity index (χ1v) is 6.45. The van der Waals surface area contributed by atoms with Crippen molar-refractivity contribution >= 4 is 27.8 Å². The highest BCUT2D eigenvalue weighted by molar-refractivity contribution is 9.10. The SMILES string of the molecule is COC(=O)C(Br)CNC(=O)c1ccc(F)c(C(F)(F)F)c1. The number of carbonyl (C=O) groups is 2. The van der Waals surface area contributed by atoms with E-state index < -0.39 is 34.3 Å². The third kappa shape index (κ3) is 4.69. The molecule has 9 heteroatoms. The van der Waals surface area contributed by atoms with Gasteiger partial charge in [-0.2, -0.15) is 13.2 Å². The summed E-state index contributed by atoms with van der Waals surface area (Å²) in [4.78, 5) is 21.9. The number of ether oxygens (including phenoxy) is 1. The van der Waals surface area contributed by atoms with E-state index in [0.717, 1.165) is 13.2 Å². The molecule has 1 atom stereocenters. The maximum Gasteiger partial charge on any atom is 0.419 e. The fourth-order valence-electron chi connectivity index (χ4n) is 1.38. The summed E-state index contributed by atoms with van der Waals surface area (Å²) >= 11 is 2.93. The molecule has 0 saturated carbocycles. The number of amides is 1. The lowest BCUT2D eigenvalue weighted by atomic mass is 10.1. The highest BCUT2D eigenvalue weighted by atomic mass is 79.9. The van der Waals surface area contributed by atoms with Gasteiger partial charge in [0.25, 0.3) is 5.91 Å². The van der Waals surface area contributed by atoms with Crippen LogP contribution in [0, 0.1) is 5.82 Å². The molecule has 0 spiro atoms. The minimum atomic E-state index is -4.90. The predicted molar refractivity (Wildman–Crippen MR) is 68.5 cm³/mol. The monoisotopic (exact) mass is 371 g/mol. The van der Waals surface area contributed by atoms with E-state index >= 15 is 0 Å². The molecule has 0 aliphatic carbocycles. The molecule has 0 aliphatic rings. The zero-order valence-electron chi connectivity index (χ0n) is 10.6. The molecule has 1 aromatic carbocycles. The summed E-state index contributed by atoms with van der Waals surface area (Å²) in [6.07, 6.45) is -4.90. The molecule has 0 fully saturated rings. The highest BCUT2D eigenvalue weighted by Crippen LogP contribution is 2.31. The number of alkyl halides is 4. The van der Waals surface area contributed by atoms with Crippen molar-refractivity contribution in [2.24, 2.45) is 0 Å². The fraction of sp³-hybridized carbons (Fsp3) is 0.333. The topological polar surface area (TPSA) is 55.4 Å². The predicted octanol–water partition coefficient (Wildman–Crippen LogP) is 2.51. The van der Waals surface area contributed by atoms with Crippen molar-refractivity contribution in [2.75, 3.05) is 13.7 Å². The van der Waals surface area contributed by atoms with Gasteiger partial charge in [-0.1, -0.05) is 15.9 Å². The van der Waals surface area contributed by atoms with Crippen molar-refractivity contribution in [3.05, 3.63) is 35.1 Å². The lowest BCUT2D eigenvalue weighted by Crippen LogP contribution is -2.34. The normalized spacial score (nSPS) is 12.7. The molecule has 0 aromatic heterocycles. The molecule has 0 saturated heterocycles. The number of rotatable bonds is 4. The van der Waals surface area contributed by atoms with Crippen LogP contribution in [0.2, 0.25) is 0 Å². The standard InChI is InChI=1S/C12H10BrF4NO3/c1-21-11(20)8(13)5-18-10(19)6-2-3-9(14)7(4-6)12(15,16)17/h2-4,8H,5H2,1H3,(H,18,19). The largest absolute Gasteiger partial charge is 0.468 e. The molecular weight excluding hydrogens is 362 g/mol. The van der Waals surface area contributed by atoms with Gasteiger partial charge in [-0.25, -0.2) is 4.39 Å². The smallest absolute Gasteiger partial charge is 0.419 e. The second-order valence-corrected chi connectivity index (χ2v) is 5.00. The van der Waals surface area contributed by atoms with E-state index in [1.807, 2.05) is 0 Å². The number of benzene rings is 1. The van der Waals surface area contributed by atoms with Crippen LogP contribution >= 0.6 is 15.9 Å². The molecule has 0 bridgehead atoms. The fourth-order valence-corrected chi connectivity index (χ4v) is 1.73. The maximum absolute atomic E-state index is 13.1. The lowest BCUT2D eigenvalue weighted by Gasteiger charge is -2.11. The quantitative estimate of drug-likeness (QED) is 0.502. The van der Waals surface area contributed by atoms with Crippen molar-refractivity contribution in [3.63, 3.8) is 0 Å². The van der Waals surface area contributed by atoms with Crippen LogP contribution in [0.4, 0.5) is 17.6 Å². The van der Waals surface area contributed by atoms with Crippen LogP contribution in [0.15, 0.2) is 18.2 Å². The molecule has 1 N–H and O–H groups in total. The Morgan fingerprint density at radius 1 is 1.38 bits per heavy atom. The summed E-state index contributed by atoms with van der Waals surface area (Å²) in [7, 11) is 1.15. The van der Waals surface area contributed by atoms with Gasteiger partial charge in [0.05, 0.1) is 12.7 Å². The van der Waals surface area contributed by atoms with Crippen LogP contribution in [0.3, 0.4) is 0 Å². The Morgan fingerprint density at radius 3 is 2.52 bits per heavy atom. The number of nitrogens with one attached hydrogen (secondary N) is 1. The summed E-state index contributed by atoms with van der Waals surface area (Å²) in [5, 5.41) is 2.24. The van der Waals surface area contributed by atoms with Crippen LogP contribution in [0.1, 0.15) is 15.9 Å². The lowest BCUT2D eigenvalue weighted by molar-refractivity contribution is -0.140. The third-order valence-corrected chi connectivity index (χ3v) is 3.13. The van der Waals surface area contributed by atoms with Gasteiger partial charge in [-0.15, -0.1) is 0 Å². The highest BCUT2D eigenvalue weighted by Gasteiger charge is 2.34. The summed E-state index contributed by atoms with van der Waals surface area (Å²) in [6.45, 7) is -0.190. The molecule has 0 heterocycles. The van der Waals surface area contributed by atoms with Gasteiger partial charge in [0.1, 0.15) is 10.6 Å². The molecule has 1 amide bonds. The summed E-state index contributed by atoms with van der Waals surface area (Å²) < 4.78 is 55.0. The number of halogens is 5. The van der Waals surface area contributed by atoms with Gasteiger partial charge in [-0.05, 0) is 18.2 Å². The zero-order chi connectivity index (χ0) is 16.2. The number of carbonyl (C=O) groups excluding carboxylic acids is 2. The minimum Gasteiger partial charge on any atom is -0.468 e. The summed E-state index contributed by atoms with van der Waals surface area (Å²) in [5.74, 6) is -2.98. The minimum absolute atomic E-state index is 0.190. The summed E-state index contributed by atoms with van der Waals surface area (Å²) in [6, 6.07) is 1.89. The Hall–Kier alpha value is -1.64. The Kier molecular flexibility index (Phi) is 5.70. The van der Waals surface area contributed by atoms with E-state index in [0.29, 0.717) is 12.1 Å². The number of esters is 1. The molecular formula is C12H10BrF4NO3. The number of hydrogen-bond acceptors (Lipinski definition) is 3. The first kappa shape index (κ1) is 17.4. The van der Waals surface area contributed by atoms with Crippen molar-refractivity contribution < 1.29 is 31.9 Å². The molecule has 0 radical (unpaired) electrons. The van der Waals surface area contributed by atoms with Gasteiger partial charge in [-0.3, -0.25) is 9.59 Å². The van der Waals surface area contributed by atoms with E-state index in [1.54, 1.807) is 0 Å². The molecule has 116 valence electrons. The molecule has 1 unspecified atom stereocenters. The van der Waals surface area contributed by atoms with E-state index in [9.17, 15) is 27.2 Å². The molecule has 1 rings (SSSR count). The average Bonchev–Trinajstić information content (AvgIpc) is 2.42. The first-order chi connectivity index (χ1) is 9.66. The van der Waals surface area contributed by atoms with Gasteiger partial charge in [0, 0.05) is 12.1 Å². The first-order valence-electron chi connectivity index (χ1n) is 5.53. The maximum atomic E-state index is 13.1. The van der Waals surface area contributed by atoms with E-state index in [4.69, 9.17) is 0 Å². The molecule has 21 heavy (non-hydrogen) atoms. The van der Waals surface area contributed by atoms with E-state index in [1.165, 1.54) is 0 Å². The average molecular weight is 372 g/mol. The van der Waals surface area contributed by atoms with Crippen LogP contribution < -0.4 is 5.32 Å². The molecule has 1 aromatic rings. The molecule has 0 aliphatic heterocycles. The Morgan fingerprint density at radius 2 is 2.00 bits per heavy atom. The van der Waals surface area contributed by atoms with E-state index in [2.05, 4.69) is 26.0 Å². The van der Waals surface area contributed by atoms with Gasteiger partial charge < -0.3 is 10.1 Å². The molecule has 4 nitrogen and oxygen atoms in total. The van der Waals surface area contributed by atoms with E-state index in [-0.39, 0.29) is 12.1 Å². The van der Waals surface area contributed by atoms with Crippen molar-refractivity contribution in [2.45, 2.75) is 11.0 Å². The number of methoxy groups -OCH3 is 1.